The number of ketones is 1. The van der Waals surface area contributed by atoms with E-state index in [1.54, 1.807) is 38.5 Å². The number of amides is 1. The van der Waals surface area contributed by atoms with Gasteiger partial charge in [0, 0.05) is 12.1 Å². The number of nitrogens with zero attached hydrogens (tertiary/aromatic N) is 1. The Morgan fingerprint density at radius 3 is 1.91 bits per heavy atom. The maximum atomic E-state index is 13.2. The lowest BCUT2D eigenvalue weighted by molar-refractivity contribution is -0.140. The van der Waals surface area contributed by atoms with E-state index in [4.69, 9.17) is 9.47 Å². The molecule has 4 rings (SSSR count). The molecule has 3 aromatic carbocycles. The van der Waals surface area contributed by atoms with E-state index in [1.165, 1.54) is 4.90 Å². The number of hydrogen-bond acceptors (Lipinski definition) is 5. The lowest BCUT2D eigenvalue weighted by atomic mass is 9.93. The zero-order valence-corrected chi connectivity index (χ0v) is 20.3. The predicted molar refractivity (Wildman–Crippen MR) is 134 cm³/mol. The smallest absolute Gasteiger partial charge is 0.295 e. The molecule has 0 radical (unpaired) electrons. The van der Waals surface area contributed by atoms with Crippen molar-refractivity contribution in [3.63, 3.8) is 0 Å². The van der Waals surface area contributed by atoms with Crippen molar-refractivity contribution in [3.8, 4) is 11.5 Å². The van der Waals surface area contributed by atoms with Gasteiger partial charge in [0.1, 0.15) is 17.3 Å². The summed E-state index contributed by atoms with van der Waals surface area (Å²) >= 11 is 0. The van der Waals surface area contributed by atoms with Crippen LogP contribution in [-0.2, 0) is 16.1 Å². The molecule has 6 nitrogen and oxygen atoms in total. The lowest BCUT2D eigenvalue weighted by Gasteiger charge is -2.26. The number of hydrogen-bond donors (Lipinski definition) is 1. The largest absolute Gasteiger partial charge is 0.507 e. The van der Waals surface area contributed by atoms with Gasteiger partial charge in [-0.05, 0) is 59.0 Å². The second kappa shape index (κ2) is 10.1. The minimum Gasteiger partial charge on any atom is -0.507 e. The van der Waals surface area contributed by atoms with E-state index in [2.05, 4.69) is 13.8 Å². The molecule has 3 aromatic rings. The molecular formula is C29H29NO5. The van der Waals surface area contributed by atoms with Gasteiger partial charge in [-0.2, -0.15) is 0 Å². The third-order valence-corrected chi connectivity index (χ3v) is 6.33. The number of rotatable bonds is 7. The van der Waals surface area contributed by atoms with Crippen molar-refractivity contribution < 1.29 is 24.2 Å². The van der Waals surface area contributed by atoms with Crippen molar-refractivity contribution in [3.05, 3.63) is 101 Å². The highest BCUT2D eigenvalue weighted by Crippen LogP contribution is 2.40. The Hall–Kier alpha value is -4.06. The minimum absolute atomic E-state index is 0.0750. The normalized spacial score (nSPS) is 17.2. The quantitative estimate of drug-likeness (QED) is 0.282. The molecule has 0 saturated carbocycles. The lowest BCUT2D eigenvalue weighted by Crippen LogP contribution is -2.29. The maximum Gasteiger partial charge on any atom is 0.295 e. The Labute approximate surface area is 205 Å². The number of methoxy groups -OCH3 is 2. The zero-order chi connectivity index (χ0) is 25.1. The van der Waals surface area contributed by atoms with Crippen LogP contribution in [-0.4, -0.2) is 35.9 Å². The van der Waals surface area contributed by atoms with Crippen LogP contribution >= 0.6 is 0 Å². The standard InChI is InChI=1S/C29H29NO5/c1-18(2)20-7-9-21(10-8-20)26-25(27(31)22-11-15-24(35-4)16-12-22)28(32)29(33)30(26)17-19-5-13-23(34-3)14-6-19/h5-16,18,26,31H,17H2,1-4H3/b27-25-. The number of aliphatic hydroxyl groups is 1. The van der Waals surface area contributed by atoms with Gasteiger partial charge in [-0.15, -0.1) is 0 Å². The van der Waals surface area contributed by atoms with Gasteiger partial charge in [0.25, 0.3) is 11.7 Å². The maximum absolute atomic E-state index is 13.2. The van der Waals surface area contributed by atoms with Crippen LogP contribution in [0.15, 0.2) is 78.4 Å². The van der Waals surface area contributed by atoms with Crippen LogP contribution in [0.2, 0.25) is 0 Å². The first-order valence-corrected chi connectivity index (χ1v) is 11.5. The second-order valence-electron chi connectivity index (χ2n) is 8.82. The average Bonchev–Trinajstić information content (AvgIpc) is 3.13. The number of likely N-dealkylation sites (tertiary alicyclic amines) is 1. The molecule has 1 fully saturated rings. The van der Waals surface area contributed by atoms with E-state index in [-0.39, 0.29) is 17.9 Å². The highest BCUT2D eigenvalue weighted by molar-refractivity contribution is 6.46. The summed E-state index contributed by atoms with van der Waals surface area (Å²) in [6.07, 6.45) is 0. The minimum atomic E-state index is -0.722. The van der Waals surface area contributed by atoms with E-state index < -0.39 is 17.7 Å². The Balaban J connectivity index is 1.81. The summed E-state index contributed by atoms with van der Waals surface area (Å²) in [6.45, 7) is 4.42. The fraction of sp³-hybridized carbons (Fsp3) is 0.241. The Bertz CT molecular complexity index is 1240. The van der Waals surface area contributed by atoms with Crippen LogP contribution in [0.4, 0.5) is 0 Å². The van der Waals surface area contributed by atoms with Gasteiger partial charge in [0.2, 0.25) is 0 Å². The van der Waals surface area contributed by atoms with E-state index in [0.29, 0.717) is 23.0 Å². The van der Waals surface area contributed by atoms with Gasteiger partial charge < -0.3 is 19.5 Å². The van der Waals surface area contributed by atoms with Crippen molar-refractivity contribution in [1.82, 2.24) is 4.90 Å². The Morgan fingerprint density at radius 1 is 0.857 bits per heavy atom. The number of benzene rings is 3. The SMILES string of the molecule is COc1ccc(CN2C(=O)C(=O)/C(=C(\O)c3ccc(OC)cc3)C2c2ccc(C(C)C)cc2)cc1. The molecule has 6 heteroatoms. The molecule has 0 spiro atoms. The number of aliphatic hydroxyl groups excluding tert-OH is 1. The first-order valence-electron chi connectivity index (χ1n) is 11.5. The molecule has 1 N–H and O–H groups in total. The third-order valence-electron chi connectivity index (χ3n) is 6.33. The molecular weight excluding hydrogens is 442 g/mol. The van der Waals surface area contributed by atoms with E-state index in [9.17, 15) is 14.7 Å². The van der Waals surface area contributed by atoms with Gasteiger partial charge in [-0.1, -0.05) is 50.2 Å². The fourth-order valence-electron chi connectivity index (χ4n) is 4.28. The van der Waals surface area contributed by atoms with Gasteiger partial charge >= 0.3 is 0 Å². The fourth-order valence-corrected chi connectivity index (χ4v) is 4.28. The van der Waals surface area contributed by atoms with E-state index in [0.717, 1.165) is 16.7 Å². The van der Waals surface area contributed by atoms with Crippen molar-refractivity contribution >= 4 is 17.4 Å². The summed E-state index contributed by atoms with van der Waals surface area (Å²) in [5.74, 6) is 0.118. The molecule has 1 aliphatic heterocycles. The summed E-state index contributed by atoms with van der Waals surface area (Å²) in [4.78, 5) is 28.0. The van der Waals surface area contributed by atoms with Gasteiger partial charge in [0.15, 0.2) is 0 Å². The molecule has 180 valence electrons. The van der Waals surface area contributed by atoms with Crippen LogP contribution in [0.1, 0.15) is 48.1 Å². The molecule has 0 bridgehead atoms. The summed E-state index contributed by atoms with van der Waals surface area (Å²) in [7, 11) is 3.15. The summed E-state index contributed by atoms with van der Waals surface area (Å²) in [5, 5.41) is 11.2. The number of carbonyl (C=O) groups excluding carboxylic acids is 2. The molecule has 1 heterocycles. The Morgan fingerprint density at radius 2 is 1.40 bits per heavy atom. The first kappa shape index (κ1) is 24.1. The van der Waals surface area contributed by atoms with Crippen molar-refractivity contribution in [2.75, 3.05) is 14.2 Å². The van der Waals surface area contributed by atoms with Crippen LogP contribution in [0.3, 0.4) is 0 Å². The van der Waals surface area contributed by atoms with Crippen LogP contribution < -0.4 is 9.47 Å². The van der Waals surface area contributed by atoms with Crippen molar-refractivity contribution in [2.45, 2.75) is 32.4 Å². The predicted octanol–water partition coefficient (Wildman–Crippen LogP) is 5.45. The summed E-state index contributed by atoms with van der Waals surface area (Å²) in [6, 6.07) is 21.2. The second-order valence-corrected chi connectivity index (χ2v) is 8.82. The molecule has 0 aliphatic carbocycles. The Kier molecular flexibility index (Phi) is 6.92. The summed E-state index contributed by atoms with van der Waals surface area (Å²) in [5.41, 5.74) is 3.28. The van der Waals surface area contributed by atoms with Crippen molar-refractivity contribution in [2.24, 2.45) is 0 Å². The molecule has 1 aliphatic rings. The van der Waals surface area contributed by atoms with E-state index >= 15 is 0 Å². The molecule has 0 aromatic heterocycles. The van der Waals surface area contributed by atoms with Gasteiger partial charge in [-0.3, -0.25) is 9.59 Å². The molecule has 1 atom stereocenters. The van der Waals surface area contributed by atoms with Crippen LogP contribution in [0.5, 0.6) is 11.5 Å². The monoisotopic (exact) mass is 471 g/mol. The van der Waals surface area contributed by atoms with Crippen LogP contribution in [0.25, 0.3) is 5.76 Å². The highest BCUT2D eigenvalue weighted by atomic mass is 16.5. The molecule has 35 heavy (non-hydrogen) atoms. The molecule has 1 amide bonds. The highest BCUT2D eigenvalue weighted by Gasteiger charge is 2.46. The molecule has 1 saturated heterocycles. The first-order chi connectivity index (χ1) is 16.8. The average molecular weight is 472 g/mol. The molecule has 1 unspecified atom stereocenters. The van der Waals surface area contributed by atoms with Crippen molar-refractivity contribution in [1.29, 1.82) is 0 Å². The number of ether oxygens (including phenoxy) is 2. The van der Waals surface area contributed by atoms with Crippen LogP contribution in [0, 0.1) is 0 Å². The zero-order valence-electron chi connectivity index (χ0n) is 20.3. The third kappa shape index (κ3) is 4.78. The van der Waals surface area contributed by atoms with Gasteiger partial charge in [0.05, 0.1) is 25.8 Å². The number of carbonyl (C=O) groups is 2. The topological polar surface area (TPSA) is 76.1 Å². The van der Waals surface area contributed by atoms with E-state index in [1.807, 2.05) is 48.5 Å². The summed E-state index contributed by atoms with van der Waals surface area (Å²) < 4.78 is 10.4. The number of Topliss-reactive ketones (excluding diaryl/α,β-unsaturated/α-hetero) is 1. The van der Waals surface area contributed by atoms with Gasteiger partial charge in [-0.25, -0.2) is 0 Å².